The molecule has 0 radical (unpaired) electrons. The molecule has 5 rings (SSSR count). The molecule has 3 aromatic carbocycles. The summed E-state index contributed by atoms with van der Waals surface area (Å²) in [6, 6.07) is 23.3. The Kier molecular flexibility index (Phi) is 7.86. The first-order valence-corrected chi connectivity index (χ1v) is 13.1. The monoisotopic (exact) mass is 511 g/mol. The van der Waals surface area contributed by atoms with Crippen molar-refractivity contribution in [2.45, 2.75) is 32.4 Å². The number of carbonyl (C=O) groups is 2. The molecular weight excluding hydrogens is 478 g/mol. The molecule has 0 saturated carbocycles. The van der Waals surface area contributed by atoms with Crippen molar-refractivity contribution in [3.05, 3.63) is 95.1 Å². The van der Waals surface area contributed by atoms with Crippen molar-refractivity contribution in [3.8, 4) is 0 Å². The Hall–Kier alpha value is -3.94. The largest absolute Gasteiger partial charge is 0.462 e. The summed E-state index contributed by atoms with van der Waals surface area (Å²) in [5.41, 5.74) is 6.02. The van der Waals surface area contributed by atoms with E-state index in [1.54, 1.807) is 32.2 Å². The van der Waals surface area contributed by atoms with E-state index >= 15 is 0 Å². The maximum Gasteiger partial charge on any atom is 0.338 e. The van der Waals surface area contributed by atoms with Crippen LogP contribution in [0.5, 0.6) is 0 Å². The summed E-state index contributed by atoms with van der Waals surface area (Å²) in [5, 5.41) is 6.43. The van der Waals surface area contributed by atoms with Gasteiger partial charge in [0.2, 0.25) is 0 Å². The van der Waals surface area contributed by atoms with Crippen molar-refractivity contribution in [2.24, 2.45) is 0 Å². The Labute approximate surface area is 223 Å². The molecule has 0 spiro atoms. The van der Waals surface area contributed by atoms with E-state index in [4.69, 9.17) is 9.47 Å². The number of methoxy groups -OCH3 is 1. The van der Waals surface area contributed by atoms with Crippen LogP contribution in [0.1, 0.15) is 46.8 Å². The van der Waals surface area contributed by atoms with E-state index in [9.17, 15) is 9.59 Å². The van der Waals surface area contributed by atoms with Gasteiger partial charge in [-0.15, -0.1) is 0 Å². The fraction of sp³-hybridized carbons (Fsp3) is 0.290. The molecule has 3 aromatic rings. The van der Waals surface area contributed by atoms with Gasteiger partial charge in [-0.2, -0.15) is 0 Å². The summed E-state index contributed by atoms with van der Waals surface area (Å²) in [5.74, 6) is -0.630. The van der Waals surface area contributed by atoms with Crippen LogP contribution in [-0.4, -0.2) is 49.7 Å². The van der Waals surface area contributed by atoms with Crippen molar-refractivity contribution in [2.75, 3.05) is 37.4 Å². The number of ether oxygens (including phenoxy) is 2. The van der Waals surface area contributed by atoms with Gasteiger partial charge in [-0.05, 0) is 55.2 Å². The van der Waals surface area contributed by atoms with Crippen molar-refractivity contribution in [3.63, 3.8) is 0 Å². The topological polar surface area (TPSA) is 79.9 Å². The van der Waals surface area contributed by atoms with E-state index in [1.165, 1.54) is 5.56 Å². The number of benzene rings is 3. The molecule has 2 N–H and O–H groups in total. The van der Waals surface area contributed by atoms with Crippen LogP contribution in [0.15, 0.2) is 72.8 Å². The molecular formula is C31H33N3O4. The summed E-state index contributed by atoms with van der Waals surface area (Å²) in [6.07, 6.45) is 2.50. The summed E-state index contributed by atoms with van der Waals surface area (Å²) in [7, 11) is 1.79. The Balaban J connectivity index is 1.41. The molecule has 196 valence electrons. The Morgan fingerprint density at radius 2 is 1.74 bits per heavy atom. The standard InChI is InChI=1S/C31H33N3O4/c1-3-38-31(36)23-11-14-26-27(19-23)33-30(35)28(26)29(22-7-5-4-6-8-22)32-24-12-9-21(10-13-24)20-34-17-15-25(37-2)16-18-34/h4-14,19,25,32H,3,15-18,20H2,1-2H3,(H,33,35)/b29-28-. The predicted molar refractivity (Wildman–Crippen MR) is 150 cm³/mol. The van der Waals surface area contributed by atoms with Crippen LogP contribution in [-0.2, 0) is 20.8 Å². The van der Waals surface area contributed by atoms with E-state index in [0.29, 0.717) is 35.2 Å². The number of amides is 1. The number of carbonyl (C=O) groups excluding carboxylic acids is 2. The van der Waals surface area contributed by atoms with Crippen molar-refractivity contribution >= 4 is 34.5 Å². The summed E-state index contributed by atoms with van der Waals surface area (Å²) >= 11 is 0. The number of likely N-dealkylation sites (tertiary alicyclic amines) is 1. The minimum Gasteiger partial charge on any atom is -0.462 e. The highest BCUT2D eigenvalue weighted by Gasteiger charge is 2.29. The van der Waals surface area contributed by atoms with E-state index in [1.807, 2.05) is 30.3 Å². The lowest BCUT2D eigenvalue weighted by Crippen LogP contribution is -2.36. The van der Waals surface area contributed by atoms with Crippen LogP contribution < -0.4 is 10.6 Å². The molecule has 7 nitrogen and oxygen atoms in total. The molecule has 1 saturated heterocycles. The van der Waals surface area contributed by atoms with Crippen LogP contribution >= 0.6 is 0 Å². The van der Waals surface area contributed by atoms with Crippen molar-refractivity contribution < 1.29 is 19.1 Å². The Morgan fingerprint density at radius 1 is 1.00 bits per heavy atom. The number of hydrogen-bond donors (Lipinski definition) is 2. The molecule has 1 amide bonds. The third-order valence-electron chi connectivity index (χ3n) is 7.09. The fourth-order valence-corrected chi connectivity index (χ4v) is 5.05. The normalized spacial score (nSPS) is 17.1. The highest BCUT2D eigenvalue weighted by Crippen LogP contribution is 2.38. The van der Waals surface area contributed by atoms with Gasteiger partial charge in [0.1, 0.15) is 0 Å². The van der Waals surface area contributed by atoms with E-state index in [0.717, 1.165) is 49.3 Å². The molecule has 2 aliphatic heterocycles. The molecule has 0 unspecified atom stereocenters. The molecule has 2 heterocycles. The van der Waals surface area contributed by atoms with E-state index in [2.05, 4.69) is 39.8 Å². The third kappa shape index (κ3) is 5.64. The third-order valence-corrected chi connectivity index (χ3v) is 7.09. The zero-order valence-corrected chi connectivity index (χ0v) is 21.8. The molecule has 2 aliphatic rings. The lowest BCUT2D eigenvalue weighted by molar-refractivity contribution is -0.110. The SMILES string of the molecule is CCOC(=O)c1ccc2c(c1)NC(=O)/C2=C(\Nc1ccc(CN2CCC(OC)CC2)cc1)c1ccccc1. The average Bonchev–Trinajstić information content (AvgIpc) is 3.28. The number of piperidine rings is 1. The first kappa shape index (κ1) is 25.7. The second-order valence-electron chi connectivity index (χ2n) is 9.58. The molecule has 38 heavy (non-hydrogen) atoms. The van der Waals surface area contributed by atoms with Crippen LogP contribution in [0.4, 0.5) is 11.4 Å². The molecule has 0 bridgehead atoms. The second-order valence-corrected chi connectivity index (χ2v) is 9.58. The molecule has 1 fully saturated rings. The predicted octanol–water partition coefficient (Wildman–Crippen LogP) is 5.41. The van der Waals surface area contributed by atoms with Gasteiger partial charge in [0.25, 0.3) is 5.91 Å². The second kappa shape index (κ2) is 11.6. The first-order valence-electron chi connectivity index (χ1n) is 13.1. The number of hydrogen-bond acceptors (Lipinski definition) is 6. The molecule has 7 heteroatoms. The number of fused-ring (bicyclic) bond motifs is 1. The number of esters is 1. The Morgan fingerprint density at radius 3 is 2.42 bits per heavy atom. The highest BCUT2D eigenvalue weighted by molar-refractivity contribution is 6.37. The van der Waals surface area contributed by atoms with Crippen LogP contribution in [0.3, 0.4) is 0 Å². The number of rotatable bonds is 8. The zero-order chi connectivity index (χ0) is 26.5. The molecule has 0 aliphatic carbocycles. The summed E-state index contributed by atoms with van der Waals surface area (Å²) in [4.78, 5) is 27.9. The van der Waals surface area contributed by atoms with Crippen LogP contribution in [0, 0.1) is 0 Å². The maximum absolute atomic E-state index is 13.2. The van der Waals surface area contributed by atoms with Gasteiger partial charge < -0.3 is 20.1 Å². The number of anilines is 2. The lowest BCUT2D eigenvalue weighted by Gasteiger charge is -2.31. The minimum atomic E-state index is -0.411. The fourth-order valence-electron chi connectivity index (χ4n) is 5.05. The Bertz CT molecular complexity index is 1330. The summed E-state index contributed by atoms with van der Waals surface area (Å²) < 4.78 is 10.6. The molecule has 0 aromatic heterocycles. The quantitative estimate of drug-likeness (QED) is 0.311. The van der Waals surface area contributed by atoms with Gasteiger partial charge in [0.15, 0.2) is 0 Å². The van der Waals surface area contributed by atoms with Gasteiger partial charge in [0.05, 0.1) is 35.2 Å². The van der Waals surface area contributed by atoms with Crippen molar-refractivity contribution in [1.29, 1.82) is 0 Å². The molecule has 0 atom stereocenters. The van der Waals surface area contributed by atoms with Gasteiger partial charge >= 0.3 is 5.97 Å². The van der Waals surface area contributed by atoms with E-state index < -0.39 is 5.97 Å². The maximum atomic E-state index is 13.2. The van der Waals surface area contributed by atoms with Gasteiger partial charge in [-0.25, -0.2) is 4.79 Å². The lowest BCUT2D eigenvalue weighted by atomic mass is 9.99. The van der Waals surface area contributed by atoms with Crippen LogP contribution in [0.25, 0.3) is 11.3 Å². The first-order chi connectivity index (χ1) is 18.6. The van der Waals surface area contributed by atoms with Gasteiger partial charge in [0, 0.05) is 38.0 Å². The number of nitrogens with one attached hydrogen (secondary N) is 2. The average molecular weight is 512 g/mol. The smallest absolute Gasteiger partial charge is 0.338 e. The summed E-state index contributed by atoms with van der Waals surface area (Å²) in [6.45, 7) is 5.04. The van der Waals surface area contributed by atoms with Gasteiger partial charge in [-0.3, -0.25) is 9.69 Å². The van der Waals surface area contributed by atoms with Gasteiger partial charge in [-0.1, -0.05) is 48.5 Å². The number of nitrogens with zero attached hydrogens (tertiary/aromatic N) is 1. The zero-order valence-electron chi connectivity index (χ0n) is 21.8. The van der Waals surface area contributed by atoms with Crippen molar-refractivity contribution in [1.82, 2.24) is 4.90 Å². The minimum absolute atomic E-state index is 0.219. The van der Waals surface area contributed by atoms with Crippen LogP contribution in [0.2, 0.25) is 0 Å². The highest BCUT2D eigenvalue weighted by atomic mass is 16.5. The van der Waals surface area contributed by atoms with E-state index in [-0.39, 0.29) is 5.91 Å².